The zero-order valence-corrected chi connectivity index (χ0v) is 20.3. The lowest BCUT2D eigenvalue weighted by atomic mass is 10.00. The van der Waals surface area contributed by atoms with E-state index in [1.54, 1.807) is 0 Å². The number of benzene rings is 3. The Morgan fingerprint density at radius 3 is 2.36 bits per heavy atom. The predicted octanol–water partition coefficient (Wildman–Crippen LogP) is 1.18. The fourth-order valence-corrected chi connectivity index (χ4v) is 5.09. The van der Waals surface area contributed by atoms with E-state index in [2.05, 4.69) is 81.1 Å². The highest BCUT2D eigenvalue weighted by Gasteiger charge is 2.48. The van der Waals surface area contributed by atoms with E-state index in [4.69, 9.17) is 25.8 Å². The minimum Gasteiger partial charge on any atom is -0.759 e. The van der Waals surface area contributed by atoms with Crippen LogP contribution in [0.5, 0.6) is 6.01 Å². The maximum Gasteiger partial charge on any atom is 0.295 e. The predicted molar refractivity (Wildman–Crippen MR) is 121 cm³/mol. The molecule has 3 heterocycles. The molecule has 2 fully saturated rings. The summed E-state index contributed by atoms with van der Waals surface area (Å²) in [6.45, 7) is 0.610. The van der Waals surface area contributed by atoms with Crippen molar-refractivity contribution in [3.63, 3.8) is 0 Å². The van der Waals surface area contributed by atoms with Gasteiger partial charge < -0.3 is 46.9 Å². The summed E-state index contributed by atoms with van der Waals surface area (Å²) in [6, 6.07) is 21.0. The smallest absolute Gasteiger partial charge is 0.295 e. The number of aromatic nitrogens is 2. The zero-order valence-electron chi connectivity index (χ0n) is 17.4. The number of H-pyrrole nitrogens is 1. The third-order valence-corrected chi connectivity index (χ3v) is 7.20. The van der Waals surface area contributed by atoms with Crippen molar-refractivity contribution in [2.24, 2.45) is 0 Å². The monoisotopic (exact) mass is 574 g/mol. The van der Waals surface area contributed by atoms with Gasteiger partial charge in [0.25, 0.3) is 6.01 Å². The second-order valence-corrected chi connectivity index (χ2v) is 9.95. The van der Waals surface area contributed by atoms with E-state index in [1.165, 1.54) is 9.13 Å². The number of hydrogen-bond acceptors (Lipinski definition) is 5. The van der Waals surface area contributed by atoms with Crippen molar-refractivity contribution >= 4 is 22.6 Å². The summed E-state index contributed by atoms with van der Waals surface area (Å²) in [6.07, 6.45) is -1.57. The Hall–Kier alpha value is -2.17. The van der Waals surface area contributed by atoms with Gasteiger partial charge >= 0.3 is 0 Å². The molecule has 2 N–H and O–H groups in total. The highest BCUT2D eigenvalue weighted by atomic mass is 127. The van der Waals surface area contributed by atoms with Crippen LogP contribution in [0, 0.1) is 3.57 Å². The fourth-order valence-electron chi connectivity index (χ4n) is 4.46. The van der Waals surface area contributed by atoms with Gasteiger partial charge in [-0.1, -0.05) is 60.1 Å². The summed E-state index contributed by atoms with van der Waals surface area (Å²) >= 11 is 8.93. The van der Waals surface area contributed by atoms with Gasteiger partial charge in [0.15, 0.2) is 6.10 Å². The molecule has 2 aliphatic heterocycles. The first kappa shape index (κ1) is 21.4. The molecule has 4 atom stereocenters. The third kappa shape index (κ3) is 4.02. The number of aliphatic hydroxyl groups is 1. The SMILES string of the molecule is O[C@@H]1CO[C@H]2[C@@H]1OC[C@H]2Oc1nc2cc(-c3ccc(-c4ccc([I-])cc4)cc3)c(Cl)cc2[nH]1. The standard InChI is InChI=1S/C25H20ClIN2O4/c26-18-10-20-19(28-25(29-20)33-22-12-32-23-21(30)11-31-24(22)23)9-17(18)15-3-1-13(2-4-15)14-5-7-16(27)8-6-14/h1-10,21-24,30H,11-12H2,(H,28,29)/q-1/t21-,22-,23-,24-/m1/s1. The Morgan fingerprint density at radius 2 is 1.61 bits per heavy atom. The van der Waals surface area contributed by atoms with E-state index in [0.29, 0.717) is 17.6 Å². The molecule has 33 heavy (non-hydrogen) atoms. The number of halogens is 2. The van der Waals surface area contributed by atoms with Crippen molar-refractivity contribution in [2.75, 3.05) is 13.2 Å². The first-order valence-electron chi connectivity index (χ1n) is 10.7. The van der Waals surface area contributed by atoms with Crippen molar-refractivity contribution in [1.82, 2.24) is 9.97 Å². The van der Waals surface area contributed by atoms with Crippen molar-refractivity contribution in [1.29, 1.82) is 0 Å². The minimum atomic E-state index is -0.613. The highest BCUT2D eigenvalue weighted by Crippen LogP contribution is 2.34. The van der Waals surface area contributed by atoms with Gasteiger partial charge in [0.2, 0.25) is 0 Å². The molecule has 0 aliphatic carbocycles. The average Bonchev–Trinajstić information content (AvgIpc) is 3.51. The van der Waals surface area contributed by atoms with Crippen LogP contribution in [-0.4, -0.2) is 52.7 Å². The lowest BCUT2D eigenvalue weighted by Crippen LogP contribution is -3.34. The number of fused-ring (bicyclic) bond motifs is 2. The molecule has 6 rings (SSSR count). The number of nitrogens with one attached hydrogen (secondary N) is 1. The van der Waals surface area contributed by atoms with Crippen molar-refractivity contribution < 1.29 is 41.9 Å². The van der Waals surface area contributed by atoms with Gasteiger partial charge in [0.05, 0.1) is 29.3 Å². The van der Waals surface area contributed by atoms with Crippen LogP contribution in [0.3, 0.4) is 0 Å². The molecule has 0 saturated carbocycles. The van der Waals surface area contributed by atoms with E-state index < -0.39 is 6.10 Å². The molecule has 0 amide bonds. The molecule has 6 nitrogen and oxygen atoms in total. The number of ether oxygens (including phenoxy) is 3. The Kier molecular flexibility index (Phi) is 5.54. The summed E-state index contributed by atoms with van der Waals surface area (Å²) in [4.78, 5) is 7.78. The van der Waals surface area contributed by atoms with Crippen LogP contribution >= 0.6 is 11.6 Å². The Labute approximate surface area is 209 Å². The first-order valence-corrected chi connectivity index (χ1v) is 12.1. The largest absolute Gasteiger partial charge is 0.759 e. The third-order valence-electron chi connectivity index (χ3n) is 6.17. The lowest BCUT2D eigenvalue weighted by Gasteiger charge is -2.15. The first-order chi connectivity index (χ1) is 16.0. The molecule has 3 aromatic carbocycles. The van der Waals surface area contributed by atoms with Gasteiger partial charge in [-0.2, -0.15) is 8.55 Å². The van der Waals surface area contributed by atoms with Gasteiger partial charge in [-0.15, -0.1) is 0 Å². The van der Waals surface area contributed by atoms with E-state index in [0.717, 1.165) is 27.7 Å². The topological polar surface area (TPSA) is 76.6 Å². The summed E-state index contributed by atoms with van der Waals surface area (Å²) in [5.74, 6) is 0. The molecule has 0 unspecified atom stereocenters. The summed E-state index contributed by atoms with van der Waals surface area (Å²) in [7, 11) is 0. The Bertz CT molecular complexity index is 1310. The molecule has 8 heteroatoms. The van der Waals surface area contributed by atoms with Crippen LogP contribution in [0.2, 0.25) is 5.02 Å². The molecule has 1 radical (unpaired) electrons. The molecule has 2 saturated heterocycles. The number of aromatic amines is 1. The molecule has 4 aromatic rings. The Balaban J connectivity index is 1.25. The summed E-state index contributed by atoms with van der Waals surface area (Å²) in [5, 5.41) is 10.5. The summed E-state index contributed by atoms with van der Waals surface area (Å²) < 4.78 is 18.5. The van der Waals surface area contributed by atoms with Crippen LogP contribution in [0.25, 0.3) is 33.3 Å². The molecule has 2 aliphatic rings. The van der Waals surface area contributed by atoms with Gasteiger partial charge in [-0.05, 0) is 28.8 Å². The number of nitrogens with zero attached hydrogens (tertiary/aromatic N) is 1. The van der Waals surface area contributed by atoms with Gasteiger partial charge in [-0.3, -0.25) is 0 Å². The maximum atomic E-state index is 9.92. The van der Waals surface area contributed by atoms with Crippen molar-refractivity contribution in [2.45, 2.75) is 24.4 Å². The minimum absolute atomic E-state index is 0.261. The van der Waals surface area contributed by atoms with E-state index in [-0.39, 0.29) is 24.9 Å². The van der Waals surface area contributed by atoms with Crippen LogP contribution in [0.4, 0.5) is 0 Å². The molecular weight excluding hydrogens is 555 g/mol. The second-order valence-electron chi connectivity index (χ2n) is 8.29. The van der Waals surface area contributed by atoms with E-state index in [9.17, 15) is 5.11 Å². The fraction of sp³-hybridized carbons (Fsp3) is 0.240. The molecule has 0 bridgehead atoms. The van der Waals surface area contributed by atoms with Crippen molar-refractivity contribution in [3.8, 4) is 28.3 Å². The lowest BCUT2D eigenvalue weighted by molar-refractivity contribution is -0.328. The normalized spacial score (nSPS) is 24.3. The molecule has 0 spiro atoms. The van der Waals surface area contributed by atoms with Crippen LogP contribution in [0.1, 0.15) is 0 Å². The highest BCUT2D eigenvalue weighted by molar-refractivity contribution is 6.34. The maximum absolute atomic E-state index is 9.92. The van der Waals surface area contributed by atoms with E-state index in [1.807, 2.05) is 12.1 Å². The molecular formula is C25H20ClIN2O4-. The van der Waals surface area contributed by atoms with Crippen LogP contribution in [-0.2, 0) is 9.47 Å². The van der Waals surface area contributed by atoms with Gasteiger partial charge in [0.1, 0.15) is 18.3 Å². The zero-order chi connectivity index (χ0) is 22.5. The number of rotatable bonds is 4. The number of hydrogen-bond donors (Lipinski definition) is 2. The number of imidazole rings is 1. The second kappa shape index (κ2) is 8.56. The van der Waals surface area contributed by atoms with Crippen LogP contribution < -0.4 is 27.3 Å². The quantitative estimate of drug-likeness (QED) is 0.358. The molecule has 1 aromatic heterocycles. The average molecular weight is 575 g/mol. The van der Waals surface area contributed by atoms with Gasteiger partial charge in [0, 0.05) is 5.56 Å². The number of aliphatic hydroxyl groups excluding tert-OH is 1. The van der Waals surface area contributed by atoms with E-state index >= 15 is 0 Å². The summed E-state index contributed by atoms with van der Waals surface area (Å²) in [5.41, 5.74) is 5.80. The van der Waals surface area contributed by atoms with Gasteiger partial charge in [-0.25, -0.2) is 0 Å². The Morgan fingerprint density at radius 1 is 0.939 bits per heavy atom. The van der Waals surface area contributed by atoms with Crippen LogP contribution in [0.15, 0.2) is 60.7 Å². The molecule has 169 valence electrons. The van der Waals surface area contributed by atoms with Crippen molar-refractivity contribution in [3.05, 3.63) is 69.3 Å².